The maximum absolute atomic E-state index is 12.7. The number of benzene rings is 1. The third-order valence-electron chi connectivity index (χ3n) is 4.09. The molecular weight excluding hydrogens is 352 g/mol. The van der Waals surface area contributed by atoms with E-state index in [1.54, 1.807) is 24.0 Å². The van der Waals surface area contributed by atoms with Gasteiger partial charge in [0.2, 0.25) is 10.0 Å². The van der Waals surface area contributed by atoms with E-state index >= 15 is 0 Å². The van der Waals surface area contributed by atoms with Crippen molar-refractivity contribution in [1.82, 2.24) is 9.21 Å². The van der Waals surface area contributed by atoms with Crippen LogP contribution in [-0.2, 0) is 10.0 Å². The van der Waals surface area contributed by atoms with Gasteiger partial charge in [0, 0.05) is 31.7 Å². The van der Waals surface area contributed by atoms with E-state index < -0.39 is 10.0 Å². The lowest BCUT2D eigenvalue weighted by Crippen LogP contribution is -2.51. The number of carbonyl (C=O) groups excluding carboxylic acids is 1. The standard InChI is InChI=1S/C16H23ClN2O4S/c1-4-23-15-10-12(3)13(11-14(15)17)16(20)18-6-8-19(9-7-18)24(21,22)5-2/h10-11H,4-9H2,1-3H3. The molecule has 1 amide bonds. The molecule has 2 rings (SSSR count). The first-order valence-corrected chi connectivity index (χ1v) is 9.99. The van der Waals surface area contributed by atoms with Crippen LogP contribution in [0.2, 0.25) is 5.02 Å². The quantitative estimate of drug-likeness (QED) is 0.792. The smallest absolute Gasteiger partial charge is 0.254 e. The van der Waals surface area contributed by atoms with Gasteiger partial charge in [0.15, 0.2) is 0 Å². The average molecular weight is 375 g/mol. The van der Waals surface area contributed by atoms with Gasteiger partial charge >= 0.3 is 0 Å². The fourth-order valence-corrected chi connectivity index (χ4v) is 3.98. The van der Waals surface area contributed by atoms with Crippen LogP contribution < -0.4 is 4.74 Å². The minimum atomic E-state index is -3.20. The molecule has 1 aromatic carbocycles. The molecule has 0 unspecified atom stereocenters. The van der Waals surface area contributed by atoms with E-state index in [0.717, 1.165) is 5.56 Å². The van der Waals surface area contributed by atoms with Crippen molar-refractivity contribution in [1.29, 1.82) is 0 Å². The topological polar surface area (TPSA) is 66.9 Å². The van der Waals surface area contributed by atoms with Crippen molar-refractivity contribution >= 4 is 27.5 Å². The predicted molar refractivity (Wildman–Crippen MR) is 94.3 cm³/mol. The first-order valence-electron chi connectivity index (χ1n) is 8.00. The van der Waals surface area contributed by atoms with Gasteiger partial charge in [0.1, 0.15) is 5.75 Å². The Hall–Kier alpha value is -1.31. The van der Waals surface area contributed by atoms with Crippen LogP contribution in [0.15, 0.2) is 12.1 Å². The Morgan fingerprint density at radius 1 is 1.21 bits per heavy atom. The maximum Gasteiger partial charge on any atom is 0.254 e. The second kappa shape index (κ2) is 7.72. The van der Waals surface area contributed by atoms with Crippen LogP contribution in [0.3, 0.4) is 0 Å². The van der Waals surface area contributed by atoms with Crippen LogP contribution >= 0.6 is 11.6 Å². The lowest BCUT2D eigenvalue weighted by atomic mass is 10.1. The lowest BCUT2D eigenvalue weighted by Gasteiger charge is -2.34. The summed E-state index contributed by atoms with van der Waals surface area (Å²) >= 11 is 6.18. The molecule has 0 radical (unpaired) electrons. The number of piperazine rings is 1. The molecular formula is C16H23ClN2O4S. The van der Waals surface area contributed by atoms with Crippen molar-refractivity contribution in [3.8, 4) is 5.75 Å². The average Bonchev–Trinajstić information content (AvgIpc) is 2.57. The van der Waals surface area contributed by atoms with Gasteiger partial charge < -0.3 is 9.64 Å². The molecule has 0 N–H and O–H groups in total. The molecule has 0 aromatic heterocycles. The summed E-state index contributed by atoms with van der Waals surface area (Å²) in [7, 11) is -3.20. The number of hydrogen-bond acceptors (Lipinski definition) is 4. The summed E-state index contributed by atoms with van der Waals surface area (Å²) in [5.41, 5.74) is 1.31. The molecule has 1 aromatic rings. The highest BCUT2D eigenvalue weighted by Gasteiger charge is 2.28. The number of sulfonamides is 1. The van der Waals surface area contributed by atoms with E-state index in [4.69, 9.17) is 16.3 Å². The fraction of sp³-hybridized carbons (Fsp3) is 0.562. The molecule has 0 spiro atoms. The Kier molecular flexibility index (Phi) is 6.11. The Morgan fingerprint density at radius 3 is 2.38 bits per heavy atom. The highest BCUT2D eigenvalue weighted by Crippen LogP contribution is 2.29. The van der Waals surface area contributed by atoms with E-state index in [9.17, 15) is 13.2 Å². The third kappa shape index (κ3) is 4.02. The summed E-state index contributed by atoms with van der Waals surface area (Å²) in [5.74, 6) is 0.507. The third-order valence-corrected chi connectivity index (χ3v) is 6.27. The molecule has 6 nitrogen and oxygen atoms in total. The molecule has 1 heterocycles. The molecule has 1 aliphatic rings. The summed E-state index contributed by atoms with van der Waals surface area (Å²) in [6, 6.07) is 3.39. The largest absolute Gasteiger partial charge is 0.492 e. The van der Waals surface area contributed by atoms with Crippen molar-refractivity contribution in [3.05, 3.63) is 28.3 Å². The molecule has 24 heavy (non-hydrogen) atoms. The van der Waals surface area contributed by atoms with Crippen LogP contribution in [0, 0.1) is 6.92 Å². The highest BCUT2D eigenvalue weighted by atomic mass is 35.5. The van der Waals surface area contributed by atoms with Crippen molar-refractivity contribution < 1.29 is 17.9 Å². The molecule has 1 fully saturated rings. The predicted octanol–water partition coefficient (Wildman–Crippen LogP) is 2.15. The first kappa shape index (κ1) is 19.0. The molecule has 1 saturated heterocycles. The van der Waals surface area contributed by atoms with E-state index in [1.807, 2.05) is 13.8 Å². The van der Waals surface area contributed by atoms with E-state index in [-0.39, 0.29) is 11.7 Å². The van der Waals surface area contributed by atoms with Gasteiger partial charge in [-0.15, -0.1) is 0 Å². The van der Waals surface area contributed by atoms with Crippen LogP contribution in [0.4, 0.5) is 0 Å². The van der Waals surface area contributed by atoms with Crippen LogP contribution in [-0.4, -0.2) is 62.1 Å². The number of hydrogen-bond donors (Lipinski definition) is 0. The summed E-state index contributed by atoms with van der Waals surface area (Å²) in [5, 5.41) is 0.401. The summed E-state index contributed by atoms with van der Waals surface area (Å²) < 4.78 is 30.7. The Labute approximate surface area is 148 Å². The number of amides is 1. The SMILES string of the molecule is CCOc1cc(C)c(C(=O)N2CCN(S(=O)(=O)CC)CC2)cc1Cl. The number of carbonyl (C=O) groups is 1. The summed E-state index contributed by atoms with van der Waals surface area (Å²) in [6.45, 7) is 7.24. The van der Waals surface area contributed by atoms with Gasteiger partial charge in [-0.1, -0.05) is 11.6 Å². The number of rotatable bonds is 5. The van der Waals surface area contributed by atoms with Crippen molar-refractivity contribution in [2.24, 2.45) is 0 Å². The van der Waals surface area contributed by atoms with Gasteiger partial charge in [-0.05, 0) is 38.5 Å². The zero-order valence-electron chi connectivity index (χ0n) is 14.2. The van der Waals surface area contributed by atoms with Gasteiger partial charge in [0.05, 0.1) is 17.4 Å². The van der Waals surface area contributed by atoms with E-state index in [0.29, 0.717) is 49.1 Å². The Balaban J connectivity index is 2.12. The van der Waals surface area contributed by atoms with E-state index in [2.05, 4.69) is 0 Å². The van der Waals surface area contributed by atoms with Gasteiger partial charge in [-0.2, -0.15) is 4.31 Å². The number of ether oxygens (including phenoxy) is 1. The molecule has 134 valence electrons. The second-order valence-corrected chi connectivity index (χ2v) is 8.29. The minimum absolute atomic E-state index is 0.0779. The molecule has 0 aliphatic carbocycles. The highest BCUT2D eigenvalue weighted by molar-refractivity contribution is 7.89. The summed E-state index contributed by atoms with van der Waals surface area (Å²) in [4.78, 5) is 14.4. The minimum Gasteiger partial charge on any atom is -0.492 e. The zero-order valence-corrected chi connectivity index (χ0v) is 15.8. The van der Waals surface area contributed by atoms with Crippen LogP contribution in [0.25, 0.3) is 0 Å². The van der Waals surface area contributed by atoms with Crippen LogP contribution in [0.1, 0.15) is 29.8 Å². The molecule has 8 heteroatoms. The Bertz CT molecular complexity index is 713. The molecule has 0 saturated carbocycles. The fourth-order valence-electron chi connectivity index (χ4n) is 2.67. The number of aryl methyl sites for hydroxylation is 1. The second-order valence-electron chi connectivity index (χ2n) is 5.62. The summed E-state index contributed by atoms with van der Waals surface area (Å²) in [6.07, 6.45) is 0. The zero-order chi connectivity index (χ0) is 17.9. The van der Waals surface area contributed by atoms with Gasteiger partial charge in [-0.3, -0.25) is 4.79 Å². The van der Waals surface area contributed by atoms with Gasteiger partial charge in [0.25, 0.3) is 5.91 Å². The van der Waals surface area contributed by atoms with Crippen molar-refractivity contribution in [3.63, 3.8) is 0 Å². The molecule has 0 atom stereocenters. The Morgan fingerprint density at radius 2 is 1.83 bits per heavy atom. The monoisotopic (exact) mass is 374 g/mol. The number of nitrogens with zero attached hydrogens (tertiary/aromatic N) is 2. The van der Waals surface area contributed by atoms with E-state index in [1.165, 1.54) is 4.31 Å². The van der Waals surface area contributed by atoms with Gasteiger partial charge in [-0.25, -0.2) is 8.42 Å². The number of halogens is 1. The normalized spacial score (nSPS) is 16.2. The first-order chi connectivity index (χ1) is 11.3. The molecule has 0 bridgehead atoms. The maximum atomic E-state index is 12.7. The molecule has 1 aliphatic heterocycles. The van der Waals surface area contributed by atoms with Crippen molar-refractivity contribution in [2.75, 3.05) is 38.5 Å². The lowest BCUT2D eigenvalue weighted by molar-refractivity contribution is 0.0697. The van der Waals surface area contributed by atoms with Crippen molar-refractivity contribution in [2.45, 2.75) is 20.8 Å². The van der Waals surface area contributed by atoms with Crippen LogP contribution in [0.5, 0.6) is 5.75 Å².